The molecule has 0 spiro atoms. The van der Waals surface area contributed by atoms with Gasteiger partial charge in [-0.05, 0) is 30.5 Å². The van der Waals surface area contributed by atoms with Crippen LogP contribution in [-0.4, -0.2) is 36.2 Å². The van der Waals surface area contributed by atoms with Crippen molar-refractivity contribution in [2.45, 2.75) is 25.3 Å². The Labute approximate surface area is 143 Å². The fraction of sp³-hybridized carbons (Fsp3) is 0.600. The van der Waals surface area contributed by atoms with Gasteiger partial charge in [0, 0.05) is 42.8 Å². The van der Waals surface area contributed by atoms with Crippen LogP contribution in [0.3, 0.4) is 0 Å². The molecule has 0 bridgehead atoms. The van der Waals surface area contributed by atoms with E-state index in [9.17, 15) is 5.11 Å². The van der Waals surface area contributed by atoms with E-state index in [0.717, 1.165) is 44.1 Å². The molecule has 1 saturated carbocycles. The zero-order valence-electron chi connectivity index (χ0n) is 11.9. The molecule has 1 aromatic carbocycles. The number of phenols is 1. The molecular formula is C15H23Cl3N2O. The van der Waals surface area contributed by atoms with Crippen molar-refractivity contribution in [3.8, 4) is 5.75 Å². The van der Waals surface area contributed by atoms with Crippen molar-refractivity contribution in [1.29, 1.82) is 0 Å². The molecule has 0 radical (unpaired) electrons. The lowest BCUT2D eigenvalue weighted by Gasteiger charge is -2.35. The predicted molar refractivity (Wildman–Crippen MR) is 92.1 cm³/mol. The molecule has 1 atom stereocenters. The van der Waals surface area contributed by atoms with Gasteiger partial charge in [-0.25, -0.2) is 0 Å². The normalized spacial score (nSPS) is 20.2. The van der Waals surface area contributed by atoms with E-state index >= 15 is 0 Å². The topological polar surface area (TPSA) is 35.5 Å². The maximum Gasteiger partial charge on any atom is 0.120 e. The predicted octanol–water partition coefficient (Wildman–Crippen LogP) is 3.64. The minimum Gasteiger partial charge on any atom is -0.508 e. The molecular weight excluding hydrogens is 331 g/mol. The smallest absolute Gasteiger partial charge is 0.120 e. The van der Waals surface area contributed by atoms with Crippen molar-refractivity contribution in [2.75, 3.05) is 26.2 Å². The molecule has 2 aliphatic rings. The molecule has 120 valence electrons. The summed E-state index contributed by atoms with van der Waals surface area (Å²) in [6.45, 7) is 4.15. The zero-order valence-corrected chi connectivity index (χ0v) is 14.3. The van der Waals surface area contributed by atoms with Crippen LogP contribution in [0.4, 0.5) is 0 Å². The Morgan fingerprint density at radius 2 is 1.90 bits per heavy atom. The number of hydrogen-bond acceptors (Lipinski definition) is 3. The fourth-order valence-electron chi connectivity index (χ4n) is 2.93. The summed E-state index contributed by atoms with van der Waals surface area (Å²) in [6.07, 6.45) is 3.82. The van der Waals surface area contributed by atoms with Crippen LogP contribution in [0, 0.1) is 5.92 Å². The van der Waals surface area contributed by atoms with Gasteiger partial charge in [0.25, 0.3) is 0 Å². The third-order valence-corrected chi connectivity index (χ3v) is 4.43. The SMILES string of the molecule is Cl.Cl.Oc1ccc(Cl)cc1[C@H](CC1CC1)N1CCNCC1. The number of aromatic hydroxyl groups is 1. The van der Waals surface area contributed by atoms with E-state index in [0.29, 0.717) is 16.8 Å². The number of phenolic OH excluding ortho intramolecular Hbond substituents is 1. The second kappa shape index (κ2) is 8.44. The standard InChI is InChI=1S/C15H21ClN2O.2ClH/c16-12-3-4-15(19)13(10-12)14(9-11-1-2-11)18-7-5-17-6-8-18;;/h3-4,10-11,14,17,19H,1-2,5-9H2;2*1H/t14-;;/m0../s1. The molecule has 0 unspecified atom stereocenters. The number of hydrogen-bond donors (Lipinski definition) is 2. The van der Waals surface area contributed by atoms with Gasteiger partial charge in [-0.2, -0.15) is 0 Å². The number of halogens is 3. The first-order valence-corrected chi connectivity index (χ1v) is 7.55. The lowest BCUT2D eigenvalue weighted by molar-refractivity contribution is 0.158. The summed E-state index contributed by atoms with van der Waals surface area (Å²) in [7, 11) is 0. The molecule has 1 aliphatic heterocycles. The van der Waals surface area contributed by atoms with Crippen LogP contribution >= 0.6 is 36.4 Å². The molecule has 0 aromatic heterocycles. The minimum absolute atomic E-state index is 0. The Hall–Kier alpha value is -0.190. The monoisotopic (exact) mass is 352 g/mol. The third kappa shape index (κ3) is 4.90. The van der Waals surface area contributed by atoms with Crippen molar-refractivity contribution >= 4 is 36.4 Å². The highest BCUT2D eigenvalue weighted by atomic mass is 35.5. The van der Waals surface area contributed by atoms with Crippen molar-refractivity contribution in [1.82, 2.24) is 10.2 Å². The summed E-state index contributed by atoms with van der Waals surface area (Å²) < 4.78 is 0. The quantitative estimate of drug-likeness (QED) is 0.867. The number of piperazine rings is 1. The first-order chi connectivity index (χ1) is 9.24. The Bertz CT molecular complexity index is 449. The van der Waals surface area contributed by atoms with Crippen LogP contribution in [0.5, 0.6) is 5.75 Å². The second-order valence-corrected chi connectivity index (χ2v) is 6.12. The van der Waals surface area contributed by atoms with Crippen molar-refractivity contribution in [2.24, 2.45) is 5.92 Å². The fourth-order valence-corrected chi connectivity index (χ4v) is 3.11. The van der Waals surface area contributed by atoms with Gasteiger partial charge >= 0.3 is 0 Å². The zero-order chi connectivity index (χ0) is 13.2. The first-order valence-electron chi connectivity index (χ1n) is 7.17. The maximum absolute atomic E-state index is 10.2. The van der Waals surface area contributed by atoms with Crippen LogP contribution in [0.1, 0.15) is 30.9 Å². The number of benzene rings is 1. The third-order valence-electron chi connectivity index (χ3n) is 4.19. The molecule has 2 fully saturated rings. The first kappa shape index (κ1) is 18.9. The molecule has 1 aromatic rings. The molecule has 0 amide bonds. The van der Waals surface area contributed by atoms with E-state index in [1.807, 2.05) is 6.07 Å². The van der Waals surface area contributed by atoms with Gasteiger partial charge < -0.3 is 10.4 Å². The average molecular weight is 354 g/mol. The molecule has 21 heavy (non-hydrogen) atoms. The summed E-state index contributed by atoms with van der Waals surface area (Å²) in [5, 5.41) is 14.3. The highest BCUT2D eigenvalue weighted by Gasteiger charge is 2.31. The highest BCUT2D eigenvalue weighted by Crippen LogP contribution is 2.42. The second-order valence-electron chi connectivity index (χ2n) is 5.68. The number of rotatable bonds is 4. The summed E-state index contributed by atoms with van der Waals surface area (Å²) in [5.74, 6) is 1.21. The largest absolute Gasteiger partial charge is 0.508 e. The summed E-state index contributed by atoms with van der Waals surface area (Å²) in [4.78, 5) is 2.49. The van der Waals surface area contributed by atoms with Gasteiger partial charge in [0.1, 0.15) is 5.75 Å². The van der Waals surface area contributed by atoms with Gasteiger partial charge in [-0.3, -0.25) is 4.90 Å². The van der Waals surface area contributed by atoms with E-state index in [2.05, 4.69) is 10.2 Å². The number of nitrogens with zero attached hydrogens (tertiary/aromatic N) is 1. The van der Waals surface area contributed by atoms with Crippen LogP contribution in [-0.2, 0) is 0 Å². The molecule has 3 rings (SSSR count). The van der Waals surface area contributed by atoms with Crippen LogP contribution in [0.25, 0.3) is 0 Å². The van der Waals surface area contributed by atoms with Gasteiger partial charge in [-0.1, -0.05) is 24.4 Å². The summed E-state index contributed by atoms with van der Waals surface area (Å²) in [5.41, 5.74) is 1.00. The summed E-state index contributed by atoms with van der Waals surface area (Å²) in [6, 6.07) is 5.73. The van der Waals surface area contributed by atoms with Gasteiger partial charge in [0.15, 0.2) is 0 Å². The highest BCUT2D eigenvalue weighted by molar-refractivity contribution is 6.30. The van der Waals surface area contributed by atoms with Gasteiger partial charge in [-0.15, -0.1) is 24.8 Å². The molecule has 1 aliphatic carbocycles. The molecule has 2 N–H and O–H groups in total. The average Bonchev–Trinajstić information content (AvgIpc) is 3.24. The lowest BCUT2D eigenvalue weighted by Crippen LogP contribution is -2.45. The number of nitrogens with one attached hydrogen (secondary N) is 1. The van der Waals surface area contributed by atoms with E-state index in [1.165, 1.54) is 12.8 Å². The maximum atomic E-state index is 10.2. The van der Waals surface area contributed by atoms with Crippen molar-refractivity contribution in [3.63, 3.8) is 0 Å². The van der Waals surface area contributed by atoms with Crippen LogP contribution < -0.4 is 5.32 Å². The molecule has 3 nitrogen and oxygen atoms in total. The van der Waals surface area contributed by atoms with E-state index in [-0.39, 0.29) is 24.8 Å². The van der Waals surface area contributed by atoms with E-state index in [4.69, 9.17) is 11.6 Å². The molecule has 6 heteroatoms. The van der Waals surface area contributed by atoms with Gasteiger partial charge in [0.05, 0.1) is 0 Å². The Morgan fingerprint density at radius 3 is 2.52 bits per heavy atom. The Kier molecular flexibility index (Phi) is 7.58. The molecule has 1 saturated heterocycles. The Morgan fingerprint density at radius 1 is 1.24 bits per heavy atom. The minimum atomic E-state index is 0. The van der Waals surface area contributed by atoms with E-state index < -0.39 is 0 Å². The van der Waals surface area contributed by atoms with E-state index in [1.54, 1.807) is 12.1 Å². The Balaban J connectivity index is 0.00000110. The molecule has 1 heterocycles. The van der Waals surface area contributed by atoms with Crippen LogP contribution in [0.15, 0.2) is 18.2 Å². The van der Waals surface area contributed by atoms with Crippen molar-refractivity contribution < 1.29 is 5.11 Å². The van der Waals surface area contributed by atoms with Crippen LogP contribution in [0.2, 0.25) is 5.02 Å². The summed E-state index contributed by atoms with van der Waals surface area (Å²) >= 11 is 6.11. The van der Waals surface area contributed by atoms with Crippen molar-refractivity contribution in [3.05, 3.63) is 28.8 Å². The van der Waals surface area contributed by atoms with Gasteiger partial charge in [0.2, 0.25) is 0 Å². The lowest BCUT2D eigenvalue weighted by atomic mass is 9.98.